The first-order valence-electron chi connectivity index (χ1n) is 7.20. The molecule has 0 radical (unpaired) electrons. The fraction of sp³-hybridized carbons (Fsp3) is 0.438. The van der Waals surface area contributed by atoms with E-state index in [0.717, 1.165) is 30.4 Å². The summed E-state index contributed by atoms with van der Waals surface area (Å²) in [4.78, 5) is 15.3. The molecule has 114 valence electrons. The third kappa shape index (κ3) is 4.76. The highest BCUT2D eigenvalue weighted by molar-refractivity contribution is 6.31. The Morgan fingerprint density at radius 2 is 2.14 bits per heavy atom. The molecule has 1 saturated heterocycles. The van der Waals surface area contributed by atoms with Crippen LogP contribution in [0.2, 0.25) is 5.02 Å². The Labute approximate surface area is 130 Å². The summed E-state index contributed by atoms with van der Waals surface area (Å²) in [5.41, 5.74) is 1.82. The van der Waals surface area contributed by atoms with Gasteiger partial charge in [-0.2, -0.15) is 0 Å². The predicted octanol–water partition coefficient (Wildman–Crippen LogP) is 2.97. The molecule has 21 heavy (non-hydrogen) atoms. The lowest BCUT2D eigenvalue weighted by molar-refractivity contribution is -0.131. The van der Waals surface area contributed by atoms with Crippen LogP contribution in [-0.4, -0.2) is 49.2 Å². The lowest BCUT2D eigenvalue weighted by atomic mass is 10.1. The Balaban J connectivity index is 2.08. The summed E-state index contributed by atoms with van der Waals surface area (Å²) in [6.45, 7) is 4.27. The van der Waals surface area contributed by atoms with Crippen molar-refractivity contribution in [2.75, 3.05) is 38.1 Å². The van der Waals surface area contributed by atoms with E-state index in [-0.39, 0.29) is 0 Å². The fourth-order valence-electron chi connectivity index (χ4n) is 2.57. The topological polar surface area (TPSA) is 43.8 Å². The number of rotatable bonds is 6. The Morgan fingerprint density at radius 3 is 2.81 bits per heavy atom. The average molecular weight is 309 g/mol. The third-order valence-corrected chi connectivity index (χ3v) is 3.99. The van der Waals surface area contributed by atoms with Crippen LogP contribution in [0.5, 0.6) is 0 Å². The lowest BCUT2D eigenvalue weighted by Gasteiger charge is -2.24. The van der Waals surface area contributed by atoms with Gasteiger partial charge in [0.1, 0.15) is 0 Å². The number of nitrogens with zero attached hydrogens (tertiary/aromatic N) is 2. The van der Waals surface area contributed by atoms with Crippen LogP contribution in [0.15, 0.2) is 24.3 Å². The molecule has 1 N–H and O–H groups in total. The van der Waals surface area contributed by atoms with Crippen LogP contribution in [0.3, 0.4) is 0 Å². The Morgan fingerprint density at radius 1 is 1.43 bits per heavy atom. The summed E-state index contributed by atoms with van der Waals surface area (Å²) in [6.07, 6.45) is 5.34. The minimum absolute atomic E-state index is 0.658. The summed E-state index contributed by atoms with van der Waals surface area (Å²) in [7, 11) is 2.01. The smallest absolute Gasteiger partial charge is 0.328 e. The molecule has 0 unspecified atom stereocenters. The van der Waals surface area contributed by atoms with E-state index in [1.807, 2.05) is 19.2 Å². The lowest BCUT2D eigenvalue weighted by Crippen LogP contribution is -2.31. The van der Waals surface area contributed by atoms with Gasteiger partial charge in [-0.05, 0) is 49.7 Å². The fourth-order valence-corrected chi connectivity index (χ4v) is 2.73. The minimum atomic E-state index is -0.949. The van der Waals surface area contributed by atoms with Crippen molar-refractivity contribution in [1.82, 2.24) is 4.90 Å². The summed E-state index contributed by atoms with van der Waals surface area (Å²) in [5.74, 6) is -0.949. The molecule has 1 aliphatic rings. The molecular weight excluding hydrogens is 288 g/mol. The zero-order chi connectivity index (χ0) is 15.2. The van der Waals surface area contributed by atoms with Crippen molar-refractivity contribution in [3.8, 4) is 0 Å². The number of carboxylic acid groups (broad SMARTS) is 1. The van der Waals surface area contributed by atoms with Gasteiger partial charge in [0.25, 0.3) is 0 Å². The van der Waals surface area contributed by atoms with Crippen LogP contribution in [0, 0.1) is 0 Å². The number of carboxylic acids is 1. The zero-order valence-electron chi connectivity index (χ0n) is 12.3. The van der Waals surface area contributed by atoms with E-state index in [2.05, 4.69) is 9.80 Å². The van der Waals surface area contributed by atoms with Crippen LogP contribution >= 0.6 is 11.6 Å². The van der Waals surface area contributed by atoms with Crippen molar-refractivity contribution in [1.29, 1.82) is 0 Å². The van der Waals surface area contributed by atoms with Gasteiger partial charge in [-0.15, -0.1) is 0 Å². The van der Waals surface area contributed by atoms with Gasteiger partial charge in [-0.1, -0.05) is 17.7 Å². The summed E-state index contributed by atoms with van der Waals surface area (Å²) < 4.78 is 0. The summed E-state index contributed by atoms with van der Waals surface area (Å²) in [5, 5.41) is 9.43. The van der Waals surface area contributed by atoms with Gasteiger partial charge in [0.15, 0.2) is 0 Å². The molecule has 2 rings (SSSR count). The van der Waals surface area contributed by atoms with Crippen LogP contribution in [0.4, 0.5) is 5.69 Å². The number of anilines is 1. The number of aliphatic carboxylic acids is 1. The van der Waals surface area contributed by atoms with Crippen molar-refractivity contribution >= 4 is 29.3 Å². The van der Waals surface area contributed by atoms with Crippen molar-refractivity contribution in [2.24, 2.45) is 0 Å². The average Bonchev–Trinajstić information content (AvgIpc) is 2.96. The van der Waals surface area contributed by atoms with Gasteiger partial charge in [-0.3, -0.25) is 0 Å². The maximum atomic E-state index is 10.7. The second kappa shape index (κ2) is 7.48. The number of halogens is 1. The highest BCUT2D eigenvalue weighted by Gasteiger charge is 2.13. The van der Waals surface area contributed by atoms with E-state index in [1.165, 1.54) is 25.9 Å². The number of likely N-dealkylation sites (tertiary alicyclic amines) is 1. The molecular formula is C16H21ClN2O2. The van der Waals surface area contributed by atoms with Crippen molar-refractivity contribution in [3.05, 3.63) is 34.9 Å². The van der Waals surface area contributed by atoms with Gasteiger partial charge in [0.05, 0.1) is 0 Å². The standard InChI is InChI=1S/C16H21ClN2O2/c1-18(10-11-19-8-2-3-9-19)15-12-14(17)6-4-13(15)5-7-16(20)21/h4-7,12H,2-3,8-11H2,1H3,(H,20,21)/b7-5+. The number of carbonyl (C=O) groups is 1. The quantitative estimate of drug-likeness (QED) is 0.821. The molecule has 0 bridgehead atoms. The molecule has 0 saturated carbocycles. The molecule has 0 spiro atoms. The van der Waals surface area contributed by atoms with Crippen LogP contribution in [0.1, 0.15) is 18.4 Å². The minimum Gasteiger partial charge on any atom is -0.478 e. The largest absolute Gasteiger partial charge is 0.478 e. The van der Waals surface area contributed by atoms with E-state index < -0.39 is 5.97 Å². The van der Waals surface area contributed by atoms with Crippen LogP contribution < -0.4 is 4.90 Å². The summed E-state index contributed by atoms with van der Waals surface area (Å²) in [6, 6.07) is 5.51. The van der Waals surface area contributed by atoms with E-state index in [0.29, 0.717) is 5.02 Å². The number of benzene rings is 1. The first kappa shape index (κ1) is 15.9. The Hall–Kier alpha value is -1.52. The second-order valence-corrected chi connectivity index (χ2v) is 5.78. The van der Waals surface area contributed by atoms with E-state index in [1.54, 1.807) is 12.1 Å². The van der Waals surface area contributed by atoms with Crippen molar-refractivity contribution in [3.63, 3.8) is 0 Å². The summed E-state index contributed by atoms with van der Waals surface area (Å²) >= 11 is 6.07. The van der Waals surface area contributed by atoms with Crippen LogP contribution in [-0.2, 0) is 4.79 Å². The molecule has 5 heteroatoms. The van der Waals surface area contributed by atoms with E-state index in [4.69, 9.17) is 16.7 Å². The highest BCUT2D eigenvalue weighted by Crippen LogP contribution is 2.25. The molecule has 1 aliphatic heterocycles. The normalized spacial score (nSPS) is 15.7. The molecule has 1 fully saturated rings. The molecule has 1 heterocycles. The third-order valence-electron chi connectivity index (χ3n) is 3.76. The molecule has 0 aromatic heterocycles. The van der Waals surface area contributed by atoms with Crippen molar-refractivity contribution in [2.45, 2.75) is 12.8 Å². The van der Waals surface area contributed by atoms with Crippen molar-refractivity contribution < 1.29 is 9.90 Å². The molecule has 1 aromatic rings. The monoisotopic (exact) mass is 308 g/mol. The molecule has 0 aliphatic carbocycles. The second-order valence-electron chi connectivity index (χ2n) is 5.35. The maximum absolute atomic E-state index is 10.7. The Bertz CT molecular complexity index is 525. The molecule has 4 nitrogen and oxygen atoms in total. The number of likely N-dealkylation sites (N-methyl/N-ethyl adjacent to an activating group) is 1. The number of hydrogen-bond donors (Lipinski definition) is 1. The first-order valence-corrected chi connectivity index (χ1v) is 7.58. The molecule has 0 atom stereocenters. The van der Waals surface area contributed by atoms with Crippen LogP contribution in [0.25, 0.3) is 6.08 Å². The van der Waals surface area contributed by atoms with Gasteiger partial charge in [0, 0.05) is 36.9 Å². The van der Waals surface area contributed by atoms with E-state index in [9.17, 15) is 4.79 Å². The highest BCUT2D eigenvalue weighted by atomic mass is 35.5. The van der Waals surface area contributed by atoms with Gasteiger partial charge in [-0.25, -0.2) is 4.79 Å². The number of hydrogen-bond acceptors (Lipinski definition) is 3. The molecule has 1 aromatic carbocycles. The first-order chi connectivity index (χ1) is 10.1. The van der Waals surface area contributed by atoms with Gasteiger partial charge in [0.2, 0.25) is 0 Å². The van der Waals surface area contributed by atoms with Gasteiger partial charge < -0.3 is 14.9 Å². The SMILES string of the molecule is CN(CCN1CCCC1)c1cc(Cl)ccc1/C=C/C(=O)O. The predicted molar refractivity (Wildman–Crippen MR) is 87.1 cm³/mol. The Kier molecular flexibility index (Phi) is 5.65. The zero-order valence-corrected chi connectivity index (χ0v) is 13.0. The maximum Gasteiger partial charge on any atom is 0.328 e. The molecule has 0 amide bonds. The van der Waals surface area contributed by atoms with Gasteiger partial charge >= 0.3 is 5.97 Å². The van der Waals surface area contributed by atoms with E-state index >= 15 is 0 Å².